The number of hydrogen-bond acceptors (Lipinski definition) is 2. The van der Waals surface area contributed by atoms with Crippen molar-refractivity contribution < 1.29 is 4.79 Å². The van der Waals surface area contributed by atoms with E-state index in [1.54, 1.807) is 18.6 Å². The second-order valence-corrected chi connectivity index (χ2v) is 5.65. The summed E-state index contributed by atoms with van der Waals surface area (Å²) in [6.45, 7) is 4.72. The maximum atomic E-state index is 12.0. The van der Waals surface area contributed by atoms with Crippen LogP contribution in [0, 0.1) is 0 Å². The quantitative estimate of drug-likeness (QED) is 0.799. The smallest absolute Gasteiger partial charge is 0.244 e. The molecule has 0 fully saturated rings. The first-order chi connectivity index (χ1) is 10.6. The summed E-state index contributed by atoms with van der Waals surface area (Å²) in [6.07, 6.45) is 8.94. The number of rotatable bonds is 7. The van der Waals surface area contributed by atoms with Crippen LogP contribution in [0.15, 0.2) is 60.7 Å². The normalized spacial score (nSPS) is 12.9. The number of amides is 1. The van der Waals surface area contributed by atoms with E-state index >= 15 is 0 Å². The molecular weight excluding hydrogens is 274 g/mol. The molecule has 1 atom stereocenters. The van der Waals surface area contributed by atoms with E-state index in [1.807, 2.05) is 42.8 Å². The van der Waals surface area contributed by atoms with Crippen LogP contribution in [-0.2, 0) is 17.8 Å². The number of nitrogens with one attached hydrogen (secondary N) is 1. The van der Waals surface area contributed by atoms with E-state index in [2.05, 4.69) is 22.4 Å². The van der Waals surface area contributed by atoms with E-state index in [0.29, 0.717) is 0 Å². The Kier molecular flexibility index (Phi) is 5.95. The highest BCUT2D eigenvalue weighted by Gasteiger charge is 2.06. The molecule has 0 aliphatic rings. The number of benzene rings is 1. The van der Waals surface area contributed by atoms with Crippen LogP contribution in [0.4, 0.5) is 0 Å². The second-order valence-electron chi connectivity index (χ2n) is 5.65. The van der Waals surface area contributed by atoms with Gasteiger partial charge in [-0.15, -0.1) is 0 Å². The monoisotopic (exact) mass is 297 g/mol. The Morgan fingerprint density at radius 2 is 2.14 bits per heavy atom. The summed E-state index contributed by atoms with van der Waals surface area (Å²) in [5.41, 5.74) is 2.39. The molecule has 4 nitrogen and oxygen atoms in total. The Bertz CT molecular complexity index is 603. The number of aryl methyl sites for hydroxylation is 1. The fourth-order valence-corrected chi connectivity index (χ4v) is 2.32. The van der Waals surface area contributed by atoms with Gasteiger partial charge in [0.15, 0.2) is 0 Å². The third-order valence-electron chi connectivity index (χ3n) is 3.46. The zero-order valence-corrected chi connectivity index (χ0v) is 13.2. The molecule has 1 aromatic heterocycles. The van der Waals surface area contributed by atoms with E-state index in [1.165, 1.54) is 5.56 Å². The van der Waals surface area contributed by atoms with Gasteiger partial charge >= 0.3 is 0 Å². The van der Waals surface area contributed by atoms with Crippen molar-refractivity contribution in [2.24, 2.45) is 0 Å². The zero-order valence-electron chi connectivity index (χ0n) is 13.2. The van der Waals surface area contributed by atoms with Gasteiger partial charge < -0.3 is 9.88 Å². The predicted molar refractivity (Wildman–Crippen MR) is 88.4 cm³/mol. The second kappa shape index (κ2) is 8.17. The highest BCUT2D eigenvalue weighted by Crippen LogP contribution is 2.08. The van der Waals surface area contributed by atoms with Gasteiger partial charge in [-0.05, 0) is 32.3 Å². The molecule has 0 spiro atoms. The Hall–Kier alpha value is -2.36. The SMILES string of the molecule is C/C(=C\C(=O)N[C@@H](C)Cn1ccnc1)CCc1ccccc1. The van der Waals surface area contributed by atoms with Crippen LogP contribution in [0.25, 0.3) is 0 Å². The minimum atomic E-state index is -0.0295. The summed E-state index contributed by atoms with van der Waals surface area (Å²) in [6, 6.07) is 10.4. The van der Waals surface area contributed by atoms with E-state index in [4.69, 9.17) is 0 Å². The first-order valence-electron chi connectivity index (χ1n) is 7.61. The molecule has 116 valence electrons. The van der Waals surface area contributed by atoms with E-state index in [-0.39, 0.29) is 11.9 Å². The van der Waals surface area contributed by atoms with Gasteiger partial charge in [0.05, 0.1) is 6.33 Å². The molecule has 1 aromatic carbocycles. The molecule has 0 unspecified atom stereocenters. The van der Waals surface area contributed by atoms with Crippen molar-refractivity contribution in [3.8, 4) is 0 Å². The molecule has 0 aliphatic carbocycles. The molecule has 2 rings (SSSR count). The van der Waals surface area contributed by atoms with Gasteiger partial charge in [-0.2, -0.15) is 0 Å². The van der Waals surface area contributed by atoms with Crippen LogP contribution in [0.1, 0.15) is 25.8 Å². The number of nitrogens with zero attached hydrogens (tertiary/aromatic N) is 2. The molecule has 0 aliphatic heterocycles. The first-order valence-corrected chi connectivity index (χ1v) is 7.61. The van der Waals surface area contributed by atoms with Crippen LogP contribution in [0.5, 0.6) is 0 Å². The molecule has 0 bridgehead atoms. The predicted octanol–water partition coefficient (Wildman–Crippen LogP) is 2.97. The van der Waals surface area contributed by atoms with Crippen LogP contribution in [0.3, 0.4) is 0 Å². The van der Waals surface area contributed by atoms with Gasteiger partial charge in [-0.3, -0.25) is 4.79 Å². The van der Waals surface area contributed by atoms with Gasteiger partial charge in [0, 0.05) is 31.1 Å². The van der Waals surface area contributed by atoms with Gasteiger partial charge in [-0.1, -0.05) is 35.9 Å². The molecule has 1 amide bonds. The molecule has 1 heterocycles. The fourth-order valence-electron chi connectivity index (χ4n) is 2.32. The van der Waals surface area contributed by atoms with Gasteiger partial charge in [-0.25, -0.2) is 4.98 Å². The number of imidazole rings is 1. The van der Waals surface area contributed by atoms with Crippen LogP contribution in [0.2, 0.25) is 0 Å². The van der Waals surface area contributed by atoms with E-state index < -0.39 is 0 Å². The van der Waals surface area contributed by atoms with Crippen LogP contribution < -0.4 is 5.32 Å². The van der Waals surface area contributed by atoms with Crippen molar-refractivity contribution in [3.63, 3.8) is 0 Å². The zero-order chi connectivity index (χ0) is 15.8. The summed E-state index contributed by atoms with van der Waals surface area (Å²) in [5.74, 6) is -0.0295. The number of carbonyl (C=O) groups is 1. The van der Waals surface area contributed by atoms with Gasteiger partial charge in [0.25, 0.3) is 0 Å². The highest BCUT2D eigenvalue weighted by molar-refractivity contribution is 5.88. The van der Waals surface area contributed by atoms with Crippen LogP contribution in [-0.4, -0.2) is 21.5 Å². The number of hydrogen-bond donors (Lipinski definition) is 1. The summed E-state index contributed by atoms with van der Waals surface area (Å²) < 4.78 is 1.96. The molecule has 4 heteroatoms. The first kappa shape index (κ1) is 16.0. The average molecular weight is 297 g/mol. The Balaban J connectivity index is 1.76. The molecular formula is C18H23N3O. The molecule has 1 N–H and O–H groups in total. The van der Waals surface area contributed by atoms with E-state index in [9.17, 15) is 4.79 Å². The lowest BCUT2D eigenvalue weighted by molar-refractivity contribution is -0.117. The third-order valence-corrected chi connectivity index (χ3v) is 3.46. The lowest BCUT2D eigenvalue weighted by Crippen LogP contribution is -2.34. The average Bonchev–Trinajstić information content (AvgIpc) is 2.98. The van der Waals surface area contributed by atoms with Crippen molar-refractivity contribution >= 4 is 5.91 Å². The van der Waals surface area contributed by atoms with Crippen molar-refractivity contribution in [2.75, 3.05) is 0 Å². The Morgan fingerprint density at radius 1 is 1.36 bits per heavy atom. The molecule has 2 aromatic rings. The third kappa shape index (κ3) is 5.56. The van der Waals surface area contributed by atoms with E-state index in [0.717, 1.165) is 25.0 Å². The van der Waals surface area contributed by atoms with Gasteiger partial charge in [0.1, 0.15) is 0 Å². The molecule has 0 saturated heterocycles. The maximum Gasteiger partial charge on any atom is 0.244 e. The number of allylic oxidation sites excluding steroid dienone is 1. The summed E-state index contributed by atoms with van der Waals surface area (Å²) in [4.78, 5) is 16.0. The van der Waals surface area contributed by atoms with Crippen molar-refractivity contribution in [3.05, 3.63) is 66.3 Å². The lowest BCUT2D eigenvalue weighted by atomic mass is 10.1. The summed E-state index contributed by atoms with van der Waals surface area (Å²) >= 11 is 0. The topological polar surface area (TPSA) is 46.9 Å². The lowest BCUT2D eigenvalue weighted by Gasteiger charge is -2.13. The van der Waals surface area contributed by atoms with Crippen molar-refractivity contribution in [1.29, 1.82) is 0 Å². The molecule has 22 heavy (non-hydrogen) atoms. The Labute approximate surface area is 131 Å². The maximum absolute atomic E-state index is 12.0. The summed E-state index contributed by atoms with van der Waals surface area (Å²) in [5, 5.41) is 2.98. The largest absolute Gasteiger partial charge is 0.348 e. The van der Waals surface area contributed by atoms with Crippen LogP contribution >= 0.6 is 0 Å². The van der Waals surface area contributed by atoms with Crippen molar-refractivity contribution in [1.82, 2.24) is 14.9 Å². The highest BCUT2D eigenvalue weighted by atomic mass is 16.1. The fraction of sp³-hybridized carbons (Fsp3) is 0.333. The number of aromatic nitrogens is 2. The molecule has 0 radical (unpaired) electrons. The van der Waals surface area contributed by atoms with Crippen molar-refractivity contribution in [2.45, 2.75) is 39.3 Å². The summed E-state index contributed by atoms with van der Waals surface area (Å²) in [7, 11) is 0. The minimum absolute atomic E-state index is 0.0295. The minimum Gasteiger partial charge on any atom is -0.348 e. The standard InChI is InChI=1S/C18H23N3O/c1-15(8-9-17-6-4-3-5-7-17)12-18(22)20-16(2)13-21-11-10-19-14-21/h3-7,10-12,14,16H,8-9,13H2,1-2H3,(H,20,22)/b15-12+/t16-/m0/s1. The van der Waals surface area contributed by atoms with Gasteiger partial charge in [0.2, 0.25) is 5.91 Å². The Morgan fingerprint density at radius 3 is 2.82 bits per heavy atom. The number of carbonyl (C=O) groups excluding carboxylic acids is 1. The molecule has 0 saturated carbocycles.